The van der Waals surface area contributed by atoms with Gasteiger partial charge in [-0.2, -0.15) is 0 Å². The molecule has 28 heavy (non-hydrogen) atoms. The van der Waals surface area contributed by atoms with Crippen molar-refractivity contribution in [3.05, 3.63) is 71.8 Å². The lowest BCUT2D eigenvalue weighted by Crippen LogP contribution is -2.30. The van der Waals surface area contributed by atoms with Gasteiger partial charge in [-0.25, -0.2) is 4.79 Å². The largest absolute Gasteiger partial charge is 0.445 e. The summed E-state index contributed by atoms with van der Waals surface area (Å²) in [5.74, 6) is -0.961. The first-order valence-electron chi connectivity index (χ1n) is 9.44. The van der Waals surface area contributed by atoms with Crippen LogP contribution in [0.5, 0.6) is 0 Å². The molecule has 0 unspecified atom stereocenters. The Hall–Kier alpha value is -3.15. The molecule has 2 rings (SSSR count). The van der Waals surface area contributed by atoms with Crippen LogP contribution in [-0.4, -0.2) is 24.3 Å². The zero-order chi connectivity index (χ0) is 20.0. The molecule has 2 aromatic rings. The molecule has 6 heteroatoms. The zero-order valence-electron chi connectivity index (χ0n) is 15.9. The molecule has 2 amide bonds. The van der Waals surface area contributed by atoms with Crippen LogP contribution in [0.25, 0.3) is 0 Å². The Labute approximate surface area is 165 Å². The van der Waals surface area contributed by atoms with Gasteiger partial charge in [0, 0.05) is 19.5 Å². The predicted molar refractivity (Wildman–Crippen MR) is 106 cm³/mol. The minimum atomic E-state index is -0.550. The Bertz CT molecular complexity index is 748. The third-order valence-electron chi connectivity index (χ3n) is 4.11. The van der Waals surface area contributed by atoms with Gasteiger partial charge in [-0.05, 0) is 24.0 Å². The van der Waals surface area contributed by atoms with Gasteiger partial charge in [0.1, 0.15) is 6.61 Å². The Morgan fingerprint density at radius 2 is 1.39 bits per heavy atom. The summed E-state index contributed by atoms with van der Waals surface area (Å²) in [6.45, 7) is 1.06. The van der Waals surface area contributed by atoms with Crippen LogP contribution in [0.3, 0.4) is 0 Å². The van der Waals surface area contributed by atoms with E-state index in [-0.39, 0.29) is 13.0 Å². The van der Waals surface area contributed by atoms with Gasteiger partial charge in [0.25, 0.3) is 5.91 Å². The van der Waals surface area contributed by atoms with Crippen molar-refractivity contribution in [1.29, 1.82) is 0 Å². The minimum Gasteiger partial charge on any atom is -0.445 e. The van der Waals surface area contributed by atoms with Crippen LogP contribution in [0.1, 0.15) is 36.8 Å². The van der Waals surface area contributed by atoms with Gasteiger partial charge >= 0.3 is 6.09 Å². The number of ether oxygens (including phenoxy) is 1. The molecule has 0 aliphatic rings. The molecule has 0 saturated heterocycles. The van der Waals surface area contributed by atoms with Crippen molar-refractivity contribution in [1.82, 2.24) is 10.6 Å². The molecule has 2 aromatic carbocycles. The molecule has 0 heterocycles. The number of nitrogens with one attached hydrogen (secondary N) is 2. The fourth-order valence-electron chi connectivity index (χ4n) is 2.54. The van der Waals surface area contributed by atoms with Gasteiger partial charge in [0.2, 0.25) is 5.78 Å². The molecule has 0 spiro atoms. The van der Waals surface area contributed by atoms with E-state index in [1.54, 1.807) is 0 Å². The van der Waals surface area contributed by atoms with Gasteiger partial charge in [-0.1, -0.05) is 67.1 Å². The summed E-state index contributed by atoms with van der Waals surface area (Å²) < 4.78 is 5.11. The summed E-state index contributed by atoms with van der Waals surface area (Å²) in [5, 5.41) is 5.31. The third-order valence-corrected chi connectivity index (χ3v) is 4.11. The lowest BCUT2D eigenvalue weighted by Gasteiger charge is -2.07. The summed E-state index contributed by atoms with van der Waals surface area (Å²) in [7, 11) is 0. The smallest absolute Gasteiger partial charge is 0.407 e. The first-order chi connectivity index (χ1) is 13.6. The van der Waals surface area contributed by atoms with Crippen LogP contribution in [0, 0.1) is 0 Å². The fraction of sp³-hybridized carbons (Fsp3) is 0.318. The fourth-order valence-corrected chi connectivity index (χ4v) is 2.54. The lowest BCUT2D eigenvalue weighted by molar-refractivity contribution is -0.138. The Morgan fingerprint density at radius 3 is 2.07 bits per heavy atom. The first-order valence-corrected chi connectivity index (χ1v) is 9.44. The van der Waals surface area contributed by atoms with Gasteiger partial charge < -0.3 is 15.4 Å². The Kier molecular flexibility index (Phi) is 9.27. The number of hydrogen-bond donors (Lipinski definition) is 2. The number of unbranched alkanes of at least 4 members (excludes halogenated alkanes) is 2. The summed E-state index contributed by atoms with van der Waals surface area (Å²) in [6.07, 6.45) is 1.83. The van der Waals surface area contributed by atoms with Crippen molar-refractivity contribution < 1.29 is 19.1 Å². The highest BCUT2D eigenvalue weighted by Gasteiger charge is 2.12. The molecule has 148 valence electrons. The number of carbonyl (C=O) groups is 3. The molecule has 2 N–H and O–H groups in total. The van der Waals surface area contributed by atoms with Crippen LogP contribution in [0.4, 0.5) is 4.79 Å². The van der Waals surface area contributed by atoms with Gasteiger partial charge in [-0.15, -0.1) is 0 Å². The molecule has 0 radical (unpaired) electrons. The highest BCUT2D eigenvalue weighted by molar-refractivity contribution is 6.36. The summed E-state index contributed by atoms with van der Waals surface area (Å²) >= 11 is 0. The molecule has 0 aromatic heterocycles. The number of carbonyl (C=O) groups excluding carboxylic acids is 3. The number of benzene rings is 2. The topological polar surface area (TPSA) is 84.5 Å². The maximum Gasteiger partial charge on any atom is 0.407 e. The highest BCUT2D eigenvalue weighted by atomic mass is 16.5. The SMILES string of the molecule is O=C(NCCCCCC(=O)C(=O)NCc1ccccc1)OCc1ccccc1. The van der Waals surface area contributed by atoms with Crippen LogP contribution in [0.2, 0.25) is 0 Å². The normalized spacial score (nSPS) is 10.1. The second-order valence-electron chi connectivity index (χ2n) is 6.39. The van der Waals surface area contributed by atoms with E-state index in [1.165, 1.54) is 0 Å². The van der Waals surface area contributed by atoms with Crippen molar-refractivity contribution >= 4 is 17.8 Å². The zero-order valence-corrected chi connectivity index (χ0v) is 15.9. The third kappa shape index (κ3) is 8.49. The molecule has 0 atom stereocenters. The maximum absolute atomic E-state index is 11.8. The first kappa shape index (κ1) is 21.2. The highest BCUT2D eigenvalue weighted by Crippen LogP contribution is 2.03. The summed E-state index contributed by atoms with van der Waals surface area (Å²) in [5.41, 5.74) is 1.88. The summed E-state index contributed by atoms with van der Waals surface area (Å²) in [6, 6.07) is 18.9. The van der Waals surface area contributed by atoms with Crippen molar-refractivity contribution in [2.24, 2.45) is 0 Å². The predicted octanol–water partition coefficient (Wildman–Crippen LogP) is 3.36. The number of amides is 2. The Morgan fingerprint density at radius 1 is 0.750 bits per heavy atom. The van der Waals surface area contributed by atoms with E-state index < -0.39 is 17.8 Å². The number of rotatable bonds is 11. The number of alkyl carbamates (subject to hydrolysis) is 1. The molecule has 0 aliphatic heterocycles. The van der Waals surface area contributed by atoms with Crippen LogP contribution in [0.15, 0.2) is 60.7 Å². The molecular weight excluding hydrogens is 356 g/mol. The van der Waals surface area contributed by atoms with Crippen LogP contribution < -0.4 is 10.6 Å². The van der Waals surface area contributed by atoms with Crippen molar-refractivity contribution in [3.63, 3.8) is 0 Å². The quantitative estimate of drug-likeness (QED) is 0.461. The van der Waals surface area contributed by atoms with Crippen molar-refractivity contribution in [2.45, 2.75) is 38.8 Å². The molecule has 0 bridgehead atoms. The van der Waals surface area contributed by atoms with Crippen molar-refractivity contribution in [2.75, 3.05) is 6.54 Å². The van der Waals surface area contributed by atoms with E-state index in [1.807, 2.05) is 60.7 Å². The Balaban J connectivity index is 1.48. The average Bonchev–Trinajstić information content (AvgIpc) is 2.74. The molecule has 6 nitrogen and oxygen atoms in total. The van der Waals surface area contributed by atoms with Gasteiger partial charge in [-0.3, -0.25) is 9.59 Å². The average molecular weight is 382 g/mol. The number of Topliss-reactive ketones (excluding diaryl/α,β-unsaturated/α-hetero) is 1. The second-order valence-corrected chi connectivity index (χ2v) is 6.39. The van der Waals surface area contributed by atoms with Gasteiger partial charge in [0.05, 0.1) is 0 Å². The van der Waals surface area contributed by atoms with E-state index in [0.29, 0.717) is 19.5 Å². The van der Waals surface area contributed by atoms with Crippen LogP contribution in [-0.2, 0) is 27.5 Å². The standard InChI is InChI=1S/C22H26N2O4/c25-20(21(26)24-16-18-10-4-1-5-11-18)14-8-3-9-15-23-22(27)28-17-19-12-6-2-7-13-19/h1-2,4-7,10-13H,3,8-9,14-17H2,(H,23,27)(H,24,26). The molecule has 0 fully saturated rings. The number of ketones is 1. The number of hydrogen-bond acceptors (Lipinski definition) is 4. The van der Waals surface area contributed by atoms with Crippen LogP contribution >= 0.6 is 0 Å². The maximum atomic E-state index is 11.8. The molecule has 0 saturated carbocycles. The second kappa shape index (κ2) is 12.3. The molecular formula is C22H26N2O4. The van der Waals surface area contributed by atoms with E-state index in [4.69, 9.17) is 4.74 Å². The van der Waals surface area contributed by atoms with E-state index in [0.717, 1.165) is 24.0 Å². The molecule has 0 aliphatic carbocycles. The monoisotopic (exact) mass is 382 g/mol. The van der Waals surface area contributed by atoms with E-state index >= 15 is 0 Å². The minimum absolute atomic E-state index is 0.207. The lowest BCUT2D eigenvalue weighted by atomic mass is 10.1. The van der Waals surface area contributed by atoms with Gasteiger partial charge in [0.15, 0.2) is 0 Å². The van der Waals surface area contributed by atoms with E-state index in [9.17, 15) is 14.4 Å². The van der Waals surface area contributed by atoms with Crippen molar-refractivity contribution in [3.8, 4) is 0 Å². The van der Waals surface area contributed by atoms with E-state index in [2.05, 4.69) is 10.6 Å². The summed E-state index contributed by atoms with van der Waals surface area (Å²) in [4.78, 5) is 35.2.